The van der Waals surface area contributed by atoms with E-state index in [1.54, 1.807) is 11.8 Å². The van der Waals surface area contributed by atoms with E-state index in [1.165, 1.54) is 0 Å². The summed E-state index contributed by atoms with van der Waals surface area (Å²) in [7, 11) is 0. The Morgan fingerprint density at radius 3 is 2.43 bits per heavy atom. The minimum absolute atomic E-state index is 0.305. The normalized spacial score (nSPS) is 13.8. The van der Waals surface area contributed by atoms with Crippen LogP contribution in [0.3, 0.4) is 0 Å². The van der Waals surface area contributed by atoms with Crippen LogP contribution in [-0.4, -0.2) is 40.3 Å². The van der Waals surface area contributed by atoms with Gasteiger partial charge < -0.3 is 18.9 Å². The summed E-state index contributed by atoms with van der Waals surface area (Å²) < 4.78 is 12.9. The van der Waals surface area contributed by atoms with Crippen molar-refractivity contribution < 1.29 is 19.1 Å². The van der Waals surface area contributed by atoms with Crippen LogP contribution >= 0.6 is 0 Å². The molecule has 28 heavy (non-hydrogen) atoms. The molecule has 0 bridgehead atoms. The third-order valence-electron chi connectivity index (χ3n) is 4.73. The molecule has 6 nitrogen and oxygen atoms in total. The van der Waals surface area contributed by atoms with E-state index < -0.39 is 5.60 Å². The minimum Gasteiger partial charge on any atom is -0.462 e. The number of rotatable bonds is 3. The zero-order valence-electron chi connectivity index (χ0n) is 17.2. The topological polar surface area (TPSA) is 60.8 Å². The lowest BCUT2D eigenvalue weighted by Crippen LogP contribution is -2.40. The van der Waals surface area contributed by atoms with Gasteiger partial charge in [-0.1, -0.05) is 18.2 Å². The molecule has 0 N–H and O–H groups in total. The molecule has 0 radical (unpaired) electrons. The lowest BCUT2D eigenvalue weighted by atomic mass is 10.0. The molecule has 150 valence electrons. The molecule has 1 amide bonds. The van der Waals surface area contributed by atoms with Crippen molar-refractivity contribution in [2.24, 2.45) is 0 Å². The Morgan fingerprint density at radius 1 is 1.14 bits per heavy atom. The Balaban J connectivity index is 2.04. The number of hydrogen-bond donors (Lipinski definition) is 0. The molecule has 0 aliphatic carbocycles. The minimum atomic E-state index is -0.562. The number of carbonyl (C=O) groups is 2. The van der Waals surface area contributed by atoms with Crippen LogP contribution in [0.1, 0.15) is 55.0 Å². The van der Waals surface area contributed by atoms with Crippen LogP contribution in [0.25, 0.3) is 5.69 Å². The molecular weight excluding hydrogens is 356 g/mol. The van der Waals surface area contributed by atoms with Crippen LogP contribution in [0.5, 0.6) is 0 Å². The maximum absolute atomic E-state index is 12.7. The summed E-state index contributed by atoms with van der Waals surface area (Å²) in [6.07, 6.45) is 0.280. The first-order valence-corrected chi connectivity index (χ1v) is 9.66. The summed E-state index contributed by atoms with van der Waals surface area (Å²) in [5.74, 6) is -0.350. The van der Waals surface area contributed by atoms with Crippen LogP contribution in [0, 0.1) is 6.92 Å². The van der Waals surface area contributed by atoms with Gasteiger partial charge in [-0.3, -0.25) is 0 Å². The number of benzene rings is 1. The van der Waals surface area contributed by atoms with Crippen LogP contribution in [0.2, 0.25) is 0 Å². The highest BCUT2D eigenvalue weighted by Crippen LogP contribution is 2.32. The lowest BCUT2D eigenvalue weighted by molar-refractivity contribution is 0.0219. The highest BCUT2D eigenvalue weighted by atomic mass is 16.6. The van der Waals surface area contributed by atoms with Crippen LogP contribution < -0.4 is 0 Å². The molecule has 0 saturated heterocycles. The van der Waals surface area contributed by atoms with Crippen molar-refractivity contribution in [3.05, 3.63) is 52.8 Å². The number of hydrogen-bond acceptors (Lipinski definition) is 4. The van der Waals surface area contributed by atoms with Gasteiger partial charge in [0.25, 0.3) is 0 Å². The lowest BCUT2D eigenvalue weighted by Gasteiger charge is -2.31. The fraction of sp³-hybridized carbons (Fsp3) is 0.455. The first-order chi connectivity index (χ1) is 13.2. The smallest absolute Gasteiger partial charge is 0.410 e. The molecule has 0 atom stereocenters. The van der Waals surface area contributed by atoms with Gasteiger partial charge in [0.15, 0.2) is 0 Å². The summed E-state index contributed by atoms with van der Waals surface area (Å²) in [5, 5.41) is 0. The van der Waals surface area contributed by atoms with Gasteiger partial charge in [0.05, 0.1) is 18.7 Å². The van der Waals surface area contributed by atoms with E-state index in [0.29, 0.717) is 31.7 Å². The van der Waals surface area contributed by atoms with E-state index in [2.05, 4.69) is 4.57 Å². The first kappa shape index (κ1) is 20.0. The van der Waals surface area contributed by atoms with Crippen molar-refractivity contribution in [3.63, 3.8) is 0 Å². The molecule has 0 unspecified atom stereocenters. The average molecular weight is 384 g/mol. The number of amides is 1. The number of nitrogens with zero attached hydrogens (tertiary/aromatic N) is 2. The second-order valence-corrected chi connectivity index (χ2v) is 7.93. The van der Waals surface area contributed by atoms with Gasteiger partial charge in [-0.05, 0) is 46.8 Å². The summed E-state index contributed by atoms with van der Waals surface area (Å²) >= 11 is 0. The van der Waals surface area contributed by atoms with Gasteiger partial charge in [0, 0.05) is 35.6 Å². The number of esters is 1. The summed E-state index contributed by atoms with van der Waals surface area (Å²) in [6, 6.07) is 9.94. The second kappa shape index (κ2) is 7.70. The summed E-state index contributed by atoms with van der Waals surface area (Å²) in [4.78, 5) is 26.9. The van der Waals surface area contributed by atoms with Gasteiger partial charge in [-0.15, -0.1) is 0 Å². The molecule has 0 spiro atoms. The van der Waals surface area contributed by atoms with Gasteiger partial charge in [0.2, 0.25) is 0 Å². The number of aromatic nitrogens is 1. The van der Waals surface area contributed by atoms with Crippen molar-refractivity contribution in [2.45, 2.75) is 53.2 Å². The largest absolute Gasteiger partial charge is 0.462 e. The Labute approximate surface area is 166 Å². The predicted molar refractivity (Wildman–Crippen MR) is 107 cm³/mol. The molecule has 2 heterocycles. The first-order valence-electron chi connectivity index (χ1n) is 9.66. The standard InChI is InChI=1S/C22H28N2O4/c1-6-27-20(25)19-15(2)24(16-10-8-7-9-11-16)18-12-13-23(14-17(18)19)21(26)28-22(3,4)5/h7-11H,6,12-14H2,1-5H3. The fourth-order valence-corrected chi connectivity index (χ4v) is 3.64. The maximum Gasteiger partial charge on any atom is 0.410 e. The summed E-state index contributed by atoms with van der Waals surface area (Å²) in [6.45, 7) is 10.4. The monoisotopic (exact) mass is 384 g/mol. The molecule has 2 aromatic rings. The van der Waals surface area contributed by atoms with E-state index in [-0.39, 0.29) is 12.1 Å². The number of ether oxygens (including phenoxy) is 2. The van der Waals surface area contributed by atoms with Crippen molar-refractivity contribution in [1.29, 1.82) is 0 Å². The van der Waals surface area contributed by atoms with E-state index >= 15 is 0 Å². The van der Waals surface area contributed by atoms with Crippen molar-refractivity contribution >= 4 is 12.1 Å². The third kappa shape index (κ3) is 3.91. The van der Waals surface area contributed by atoms with Crippen LogP contribution in [0.15, 0.2) is 30.3 Å². The Bertz CT molecular complexity index is 878. The van der Waals surface area contributed by atoms with Crippen LogP contribution in [-0.2, 0) is 22.4 Å². The SMILES string of the molecule is CCOC(=O)c1c2c(n(-c3ccccc3)c1C)CCN(C(=O)OC(C)(C)C)C2. The highest BCUT2D eigenvalue weighted by molar-refractivity contribution is 5.93. The number of para-hydroxylation sites is 1. The quantitative estimate of drug-likeness (QED) is 0.742. The van der Waals surface area contributed by atoms with E-state index in [4.69, 9.17) is 9.47 Å². The molecule has 0 saturated carbocycles. The summed E-state index contributed by atoms with van der Waals surface area (Å²) in [5.41, 5.74) is 3.71. The molecule has 6 heteroatoms. The van der Waals surface area contributed by atoms with Gasteiger partial charge in [-0.25, -0.2) is 9.59 Å². The van der Waals surface area contributed by atoms with E-state index in [9.17, 15) is 9.59 Å². The fourth-order valence-electron chi connectivity index (χ4n) is 3.64. The Morgan fingerprint density at radius 2 is 1.82 bits per heavy atom. The molecule has 1 aromatic heterocycles. The third-order valence-corrected chi connectivity index (χ3v) is 4.73. The average Bonchev–Trinajstić information content (AvgIpc) is 2.92. The molecule has 1 aromatic carbocycles. The van der Waals surface area contributed by atoms with Gasteiger partial charge in [0.1, 0.15) is 5.60 Å². The van der Waals surface area contributed by atoms with Gasteiger partial charge >= 0.3 is 12.1 Å². The molecule has 1 aliphatic rings. The van der Waals surface area contributed by atoms with Crippen molar-refractivity contribution in [3.8, 4) is 5.69 Å². The number of fused-ring (bicyclic) bond motifs is 1. The zero-order chi connectivity index (χ0) is 20.5. The molecule has 1 aliphatic heterocycles. The van der Waals surface area contributed by atoms with Crippen LogP contribution in [0.4, 0.5) is 4.79 Å². The molecule has 3 rings (SSSR count). The maximum atomic E-state index is 12.7. The van der Waals surface area contributed by atoms with Crippen molar-refractivity contribution in [2.75, 3.05) is 13.2 Å². The molecular formula is C22H28N2O4. The van der Waals surface area contributed by atoms with Crippen molar-refractivity contribution in [1.82, 2.24) is 9.47 Å². The van der Waals surface area contributed by atoms with E-state index in [1.807, 2.05) is 58.0 Å². The number of carbonyl (C=O) groups excluding carboxylic acids is 2. The zero-order valence-corrected chi connectivity index (χ0v) is 17.2. The Hall–Kier alpha value is -2.76. The predicted octanol–water partition coefficient (Wildman–Crippen LogP) is 4.26. The van der Waals surface area contributed by atoms with Gasteiger partial charge in [-0.2, -0.15) is 0 Å². The second-order valence-electron chi connectivity index (χ2n) is 7.93. The van der Waals surface area contributed by atoms with E-state index in [0.717, 1.165) is 22.6 Å². The Kier molecular flexibility index (Phi) is 5.49. The molecule has 0 fully saturated rings. The highest BCUT2D eigenvalue weighted by Gasteiger charge is 2.33.